The zero-order valence-corrected chi connectivity index (χ0v) is 9.48. The van der Waals surface area contributed by atoms with Gasteiger partial charge in [-0.1, -0.05) is 6.07 Å². The van der Waals surface area contributed by atoms with Crippen LogP contribution in [0.4, 0.5) is 13.2 Å². The average Bonchev–Trinajstić information content (AvgIpc) is 2.72. The fourth-order valence-corrected chi connectivity index (χ4v) is 1.35. The molecule has 0 aliphatic rings. The third-order valence-electron chi connectivity index (χ3n) is 2.33. The second kappa shape index (κ2) is 4.67. The zero-order valence-electron chi connectivity index (χ0n) is 9.48. The molecule has 1 aromatic heterocycles. The lowest BCUT2D eigenvalue weighted by Crippen LogP contribution is -2.06. The van der Waals surface area contributed by atoms with Crippen LogP contribution in [0.5, 0.6) is 5.75 Å². The van der Waals surface area contributed by atoms with Gasteiger partial charge in [-0.3, -0.25) is 0 Å². The molecule has 0 spiro atoms. The number of hydrogen-bond acceptors (Lipinski definition) is 3. The second-order valence-electron chi connectivity index (χ2n) is 3.67. The van der Waals surface area contributed by atoms with Crippen molar-refractivity contribution in [2.75, 3.05) is 0 Å². The summed E-state index contributed by atoms with van der Waals surface area (Å²) < 4.78 is 44.3. The molecule has 0 saturated heterocycles. The first-order valence-electron chi connectivity index (χ1n) is 5.10. The molecular weight excluding hydrogens is 247 g/mol. The number of alkyl halides is 3. The van der Waals surface area contributed by atoms with Crippen molar-refractivity contribution in [2.45, 2.75) is 12.8 Å². The van der Waals surface area contributed by atoms with Gasteiger partial charge < -0.3 is 9.30 Å². The Labute approximate surface area is 101 Å². The van der Waals surface area contributed by atoms with Crippen LogP contribution in [0.15, 0.2) is 30.6 Å². The smallest absolute Gasteiger partial charge is 0.416 e. The lowest BCUT2D eigenvalue weighted by molar-refractivity contribution is -0.137. The molecule has 7 heteroatoms. The summed E-state index contributed by atoms with van der Waals surface area (Å²) in [6.45, 7) is 0.0673. The summed E-state index contributed by atoms with van der Waals surface area (Å²) >= 11 is 0. The number of hydrogen-bond donors (Lipinski definition) is 0. The molecule has 4 nitrogen and oxygen atoms in total. The van der Waals surface area contributed by atoms with Crippen LogP contribution in [0.2, 0.25) is 0 Å². The Balaban J connectivity index is 2.09. The van der Waals surface area contributed by atoms with Crippen LogP contribution >= 0.6 is 0 Å². The molecule has 1 aromatic carbocycles. The maximum Gasteiger partial charge on any atom is 0.416 e. The first-order valence-corrected chi connectivity index (χ1v) is 5.10. The van der Waals surface area contributed by atoms with Gasteiger partial charge in [0.15, 0.2) is 5.82 Å². The highest BCUT2D eigenvalue weighted by Gasteiger charge is 2.30. The monoisotopic (exact) mass is 257 g/mol. The number of rotatable bonds is 3. The summed E-state index contributed by atoms with van der Waals surface area (Å²) in [5.74, 6) is 0.681. The van der Waals surface area contributed by atoms with Crippen molar-refractivity contribution in [1.29, 1.82) is 0 Å². The standard InChI is InChI=1S/C11H10F3N3O/c1-17-7-15-16-10(17)6-18-9-4-2-3-8(5-9)11(12,13)14/h2-5,7H,6H2,1H3. The van der Waals surface area contributed by atoms with Gasteiger partial charge in [-0.15, -0.1) is 10.2 Å². The van der Waals surface area contributed by atoms with Gasteiger partial charge in [0, 0.05) is 7.05 Å². The summed E-state index contributed by atoms with van der Waals surface area (Å²) in [6.07, 6.45) is -2.88. The lowest BCUT2D eigenvalue weighted by Gasteiger charge is -2.09. The highest BCUT2D eigenvalue weighted by Crippen LogP contribution is 2.31. The third-order valence-corrected chi connectivity index (χ3v) is 2.33. The third kappa shape index (κ3) is 2.79. The fraction of sp³-hybridized carbons (Fsp3) is 0.273. The Morgan fingerprint density at radius 3 is 2.72 bits per heavy atom. The highest BCUT2D eigenvalue weighted by molar-refractivity contribution is 5.30. The largest absolute Gasteiger partial charge is 0.486 e. The Bertz CT molecular complexity index is 536. The van der Waals surface area contributed by atoms with Crippen LogP contribution in [0, 0.1) is 0 Å². The molecule has 0 radical (unpaired) electrons. The van der Waals surface area contributed by atoms with Crippen molar-refractivity contribution >= 4 is 0 Å². The Kier molecular flexibility index (Phi) is 3.22. The quantitative estimate of drug-likeness (QED) is 0.847. The van der Waals surface area contributed by atoms with E-state index in [-0.39, 0.29) is 12.4 Å². The second-order valence-corrected chi connectivity index (χ2v) is 3.67. The van der Waals surface area contributed by atoms with Crippen molar-refractivity contribution in [2.24, 2.45) is 7.05 Å². The molecule has 0 N–H and O–H groups in total. The molecule has 0 atom stereocenters. The van der Waals surface area contributed by atoms with Gasteiger partial charge in [0.2, 0.25) is 0 Å². The van der Waals surface area contributed by atoms with Crippen LogP contribution in [0.1, 0.15) is 11.4 Å². The van der Waals surface area contributed by atoms with Crippen molar-refractivity contribution in [3.05, 3.63) is 42.0 Å². The SMILES string of the molecule is Cn1cnnc1COc1cccc(C(F)(F)F)c1. The average molecular weight is 257 g/mol. The Morgan fingerprint density at radius 1 is 1.33 bits per heavy atom. The van der Waals surface area contributed by atoms with E-state index in [1.54, 1.807) is 11.6 Å². The van der Waals surface area contributed by atoms with E-state index in [0.29, 0.717) is 5.82 Å². The van der Waals surface area contributed by atoms with E-state index in [1.165, 1.54) is 18.5 Å². The number of halogens is 3. The molecule has 2 aromatic rings. The summed E-state index contributed by atoms with van der Waals surface area (Å²) in [7, 11) is 1.73. The number of aryl methyl sites for hydroxylation is 1. The minimum atomic E-state index is -4.37. The molecule has 0 fully saturated rings. The Morgan fingerprint density at radius 2 is 2.11 bits per heavy atom. The lowest BCUT2D eigenvalue weighted by atomic mass is 10.2. The molecule has 0 unspecified atom stereocenters. The van der Waals surface area contributed by atoms with Gasteiger partial charge in [-0.2, -0.15) is 13.2 Å². The summed E-state index contributed by atoms with van der Waals surface area (Å²) in [5, 5.41) is 7.41. The van der Waals surface area contributed by atoms with E-state index in [0.717, 1.165) is 12.1 Å². The van der Waals surface area contributed by atoms with E-state index in [4.69, 9.17) is 4.74 Å². The molecule has 0 aliphatic heterocycles. The Hall–Kier alpha value is -2.05. The topological polar surface area (TPSA) is 39.9 Å². The van der Waals surface area contributed by atoms with Crippen LogP contribution in [0.25, 0.3) is 0 Å². The van der Waals surface area contributed by atoms with E-state index in [1.807, 2.05) is 0 Å². The zero-order chi connectivity index (χ0) is 13.2. The number of benzene rings is 1. The van der Waals surface area contributed by atoms with Gasteiger partial charge in [-0.25, -0.2) is 0 Å². The molecule has 18 heavy (non-hydrogen) atoms. The van der Waals surface area contributed by atoms with E-state index in [9.17, 15) is 13.2 Å². The molecule has 0 amide bonds. The number of aromatic nitrogens is 3. The minimum absolute atomic E-state index is 0.0673. The molecule has 1 heterocycles. The van der Waals surface area contributed by atoms with E-state index < -0.39 is 11.7 Å². The van der Waals surface area contributed by atoms with E-state index >= 15 is 0 Å². The first kappa shape index (κ1) is 12.4. The summed E-state index contributed by atoms with van der Waals surface area (Å²) in [4.78, 5) is 0. The molecule has 96 valence electrons. The van der Waals surface area contributed by atoms with Gasteiger partial charge in [0.25, 0.3) is 0 Å². The van der Waals surface area contributed by atoms with E-state index in [2.05, 4.69) is 10.2 Å². The molecule has 0 aliphatic carbocycles. The minimum Gasteiger partial charge on any atom is -0.486 e. The molecule has 0 saturated carbocycles. The normalized spacial score (nSPS) is 11.6. The predicted octanol–water partition coefficient (Wildman–Crippen LogP) is 2.41. The molecule has 2 rings (SSSR count). The fourth-order valence-electron chi connectivity index (χ4n) is 1.35. The van der Waals surface area contributed by atoms with Gasteiger partial charge in [-0.05, 0) is 18.2 Å². The molecule has 0 bridgehead atoms. The van der Waals surface area contributed by atoms with Crippen LogP contribution in [-0.2, 0) is 19.8 Å². The maximum absolute atomic E-state index is 12.5. The number of nitrogens with zero attached hydrogens (tertiary/aromatic N) is 3. The van der Waals surface area contributed by atoms with Gasteiger partial charge in [0.05, 0.1) is 5.56 Å². The van der Waals surface area contributed by atoms with Crippen molar-refractivity contribution in [1.82, 2.24) is 14.8 Å². The number of ether oxygens (including phenoxy) is 1. The van der Waals surface area contributed by atoms with Crippen molar-refractivity contribution in [3.63, 3.8) is 0 Å². The maximum atomic E-state index is 12.5. The van der Waals surface area contributed by atoms with Gasteiger partial charge >= 0.3 is 6.18 Å². The summed E-state index contributed by atoms with van der Waals surface area (Å²) in [6, 6.07) is 4.71. The highest BCUT2D eigenvalue weighted by atomic mass is 19.4. The van der Waals surface area contributed by atoms with Crippen LogP contribution in [0.3, 0.4) is 0 Å². The van der Waals surface area contributed by atoms with Crippen LogP contribution < -0.4 is 4.74 Å². The predicted molar refractivity (Wildman–Crippen MR) is 56.8 cm³/mol. The van der Waals surface area contributed by atoms with Crippen LogP contribution in [-0.4, -0.2) is 14.8 Å². The van der Waals surface area contributed by atoms with Crippen molar-refractivity contribution < 1.29 is 17.9 Å². The van der Waals surface area contributed by atoms with Gasteiger partial charge in [0.1, 0.15) is 18.7 Å². The first-order chi connectivity index (χ1) is 8.47. The molecular formula is C11H10F3N3O. The van der Waals surface area contributed by atoms with Crippen molar-refractivity contribution in [3.8, 4) is 5.75 Å². The summed E-state index contributed by atoms with van der Waals surface area (Å²) in [5.41, 5.74) is -0.738.